The SMILES string of the molecule is C=Nc1c(-c2ccc(-c3cccc(C4=C(C)C=CCC4)c3C)cc2)ccc(-c2ccc(-c3cccc(C4=C(C)C=CCC4)c3C)cc2)c1SCc1ccc(C)c(-c2ccccc2C)c1. The van der Waals surface area contributed by atoms with Crippen LogP contribution in [0.5, 0.6) is 0 Å². The molecule has 7 aromatic carbocycles. The minimum absolute atomic E-state index is 0.799. The van der Waals surface area contributed by atoms with Crippen molar-refractivity contribution < 1.29 is 0 Å². The Kier molecular flexibility index (Phi) is 12.5. The van der Waals surface area contributed by atoms with E-state index in [9.17, 15) is 0 Å². The van der Waals surface area contributed by atoms with Crippen molar-refractivity contribution in [2.75, 3.05) is 0 Å². The fourth-order valence-corrected chi connectivity index (χ4v) is 11.0. The molecule has 2 aliphatic carbocycles. The predicted molar refractivity (Wildman–Crippen MR) is 280 cm³/mol. The van der Waals surface area contributed by atoms with Crippen molar-refractivity contribution >= 4 is 35.3 Å². The number of hydrogen-bond acceptors (Lipinski definition) is 2. The van der Waals surface area contributed by atoms with Gasteiger partial charge < -0.3 is 0 Å². The molecule has 316 valence electrons. The Balaban J connectivity index is 1.09. The van der Waals surface area contributed by atoms with E-state index in [2.05, 4.69) is 212 Å². The maximum Gasteiger partial charge on any atom is 0.0842 e. The van der Waals surface area contributed by atoms with Crippen LogP contribution in [0.1, 0.15) is 78.5 Å². The second-order valence-corrected chi connectivity index (χ2v) is 18.6. The molecule has 0 saturated heterocycles. The van der Waals surface area contributed by atoms with Gasteiger partial charge in [-0.15, -0.1) is 11.8 Å². The zero-order valence-corrected chi connectivity index (χ0v) is 39.0. The van der Waals surface area contributed by atoms with Crippen molar-refractivity contribution in [3.63, 3.8) is 0 Å². The molecule has 0 atom stereocenters. The van der Waals surface area contributed by atoms with E-state index in [0.29, 0.717) is 0 Å². The first-order valence-electron chi connectivity index (χ1n) is 22.8. The van der Waals surface area contributed by atoms with Crippen LogP contribution in [0.25, 0.3) is 66.8 Å². The molecular formula is C62H57NS. The van der Waals surface area contributed by atoms with Gasteiger partial charge in [-0.05, 0) is 185 Å². The highest BCUT2D eigenvalue weighted by atomic mass is 32.2. The summed E-state index contributed by atoms with van der Waals surface area (Å²) in [6.45, 7) is 17.7. The van der Waals surface area contributed by atoms with E-state index < -0.39 is 0 Å². The molecule has 0 radical (unpaired) electrons. The quantitative estimate of drug-likeness (QED) is 0.0933. The third kappa shape index (κ3) is 8.48. The van der Waals surface area contributed by atoms with Crippen LogP contribution in [0.3, 0.4) is 0 Å². The number of aliphatic imine (C=N–C) groups is 1. The highest BCUT2D eigenvalue weighted by Crippen LogP contribution is 2.47. The molecule has 0 aliphatic heterocycles. The average molecular weight is 848 g/mol. The molecule has 0 bridgehead atoms. The van der Waals surface area contributed by atoms with Gasteiger partial charge in [-0.1, -0.05) is 164 Å². The van der Waals surface area contributed by atoms with Gasteiger partial charge in [-0.3, -0.25) is 4.99 Å². The highest BCUT2D eigenvalue weighted by molar-refractivity contribution is 7.98. The molecule has 2 aliphatic rings. The molecule has 0 fully saturated rings. The largest absolute Gasteiger partial charge is 0.263 e. The van der Waals surface area contributed by atoms with Gasteiger partial charge in [0.15, 0.2) is 0 Å². The van der Waals surface area contributed by atoms with Crippen LogP contribution in [-0.4, -0.2) is 6.72 Å². The summed E-state index contributed by atoms with van der Waals surface area (Å²) in [7, 11) is 0. The molecule has 1 nitrogen and oxygen atoms in total. The van der Waals surface area contributed by atoms with Crippen molar-refractivity contribution in [1.82, 2.24) is 0 Å². The molecular weight excluding hydrogens is 791 g/mol. The topological polar surface area (TPSA) is 12.4 Å². The van der Waals surface area contributed by atoms with Gasteiger partial charge in [0.25, 0.3) is 0 Å². The molecule has 7 aromatic rings. The number of allylic oxidation sites excluding steroid dienone is 8. The van der Waals surface area contributed by atoms with Crippen molar-refractivity contribution in [2.24, 2.45) is 4.99 Å². The lowest BCUT2D eigenvalue weighted by Gasteiger charge is -2.19. The number of aryl methyl sites for hydroxylation is 2. The lowest BCUT2D eigenvalue weighted by atomic mass is 9.86. The van der Waals surface area contributed by atoms with Crippen LogP contribution in [0.15, 0.2) is 185 Å². The molecule has 0 unspecified atom stereocenters. The molecule has 9 rings (SSSR count). The van der Waals surface area contributed by atoms with Gasteiger partial charge in [0, 0.05) is 16.2 Å². The van der Waals surface area contributed by atoms with E-state index in [1.165, 1.54) is 106 Å². The second kappa shape index (κ2) is 18.7. The first-order valence-corrected chi connectivity index (χ1v) is 23.7. The number of nitrogens with zero attached hydrogens (tertiary/aromatic N) is 1. The summed E-state index contributed by atoms with van der Waals surface area (Å²) in [5.41, 5.74) is 28.0. The number of thioether (sulfide) groups is 1. The van der Waals surface area contributed by atoms with Crippen LogP contribution >= 0.6 is 11.8 Å². The van der Waals surface area contributed by atoms with Gasteiger partial charge in [0.05, 0.1) is 5.69 Å². The molecule has 2 heteroatoms. The first kappa shape index (κ1) is 42.8. The van der Waals surface area contributed by atoms with Gasteiger partial charge >= 0.3 is 0 Å². The standard InChI is InChI=1S/C62H57NS/c1-40-16-8-11-19-51(40)56-24-14-22-54(44(56)5)47-28-32-49(33-29-47)58-36-37-59(50-34-30-48(31-35-50)55-23-15-25-57(45(55)6)52-20-12-9-17-41(52)2)62(61(58)63-7)64-39-46-27-26-43(4)60(38-46)53-21-13-10-18-42(53)3/h8-10,13-18,21-38H,7,11-12,19-20,39H2,1-6H3. The van der Waals surface area contributed by atoms with Crippen molar-refractivity contribution in [3.05, 3.63) is 214 Å². The highest BCUT2D eigenvalue weighted by Gasteiger charge is 2.20. The van der Waals surface area contributed by atoms with Gasteiger partial charge in [0.2, 0.25) is 0 Å². The van der Waals surface area contributed by atoms with Crippen LogP contribution in [0.4, 0.5) is 5.69 Å². The van der Waals surface area contributed by atoms with E-state index in [1.54, 1.807) is 0 Å². The Morgan fingerprint density at radius 2 is 0.922 bits per heavy atom. The van der Waals surface area contributed by atoms with Gasteiger partial charge in [-0.25, -0.2) is 0 Å². The summed E-state index contributed by atoms with van der Waals surface area (Å²) >= 11 is 1.85. The van der Waals surface area contributed by atoms with Crippen molar-refractivity contribution in [1.29, 1.82) is 0 Å². The molecule has 0 heterocycles. The molecule has 0 spiro atoms. The summed E-state index contributed by atoms with van der Waals surface area (Å²) in [5.74, 6) is 0.799. The van der Waals surface area contributed by atoms with Crippen LogP contribution in [0.2, 0.25) is 0 Å². The lowest BCUT2D eigenvalue weighted by Crippen LogP contribution is -1.97. The molecule has 0 saturated carbocycles. The Bertz CT molecular complexity index is 3040. The minimum Gasteiger partial charge on any atom is -0.263 e. The second-order valence-electron chi connectivity index (χ2n) is 17.6. The Morgan fingerprint density at radius 1 is 0.453 bits per heavy atom. The van der Waals surface area contributed by atoms with Crippen LogP contribution < -0.4 is 0 Å². The maximum atomic E-state index is 4.85. The van der Waals surface area contributed by atoms with E-state index in [1.807, 2.05) is 11.8 Å². The average Bonchev–Trinajstić information content (AvgIpc) is 3.32. The van der Waals surface area contributed by atoms with Crippen molar-refractivity contribution in [2.45, 2.75) is 77.9 Å². The van der Waals surface area contributed by atoms with Gasteiger partial charge in [0.1, 0.15) is 0 Å². The van der Waals surface area contributed by atoms with E-state index in [-0.39, 0.29) is 0 Å². The Hall–Kier alpha value is -6.48. The Morgan fingerprint density at radius 3 is 1.45 bits per heavy atom. The maximum absolute atomic E-state index is 4.85. The van der Waals surface area contributed by atoms with E-state index in [4.69, 9.17) is 4.99 Å². The summed E-state index contributed by atoms with van der Waals surface area (Å²) in [6.07, 6.45) is 13.5. The number of rotatable bonds is 11. The van der Waals surface area contributed by atoms with E-state index >= 15 is 0 Å². The summed E-state index contributed by atoms with van der Waals surface area (Å²) in [5, 5.41) is 0. The molecule has 0 N–H and O–H groups in total. The summed E-state index contributed by atoms with van der Waals surface area (Å²) < 4.78 is 0. The lowest BCUT2D eigenvalue weighted by molar-refractivity contribution is 1.03. The van der Waals surface area contributed by atoms with E-state index in [0.717, 1.165) is 53.1 Å². The van der Waals surface area contributed by atoms with Gasteiger partial charge in [-0.2, -0.15) is 0 Å². The third-order valence-corrected chi connectivity index (χ3v) is 14.7. The number of benzene rings is 7. The number of hydrogen-bond donors (Lipinski definition) is 0. The first-order chi connectivity index (χ1) is 31.2. The minimum atomic E-state index is 0.799. The fraction of sp³-hybridized carbons (Fsp3) is 0.177. The van der Waals surface area contributed by atoms with Crippen LogP contribution in [0, 0.1) is 27.7 Å². The normalized spacial score (nSPS) is 13.8. The van der Waals surface area contributed by atoms with Crippen molar-refractivity contribution in [3.8, 4) is 55.6 Å². The molecule has 0 aromatic heterocycles. The van der Waals surface area contributed by atoms with Crippen LogP contribution in [-0.2, 0) is 5.75 Å². The Labute approximate surface area is 385 Å². The smallest absolute Gasteiger partial charge is 0.0842 e. The monoisotopic (exact) mass is 847 g/mol. The fourth-order valence-electron chi connectivity index (χ4n) is 9.89. The predicted octanol–water partition coefficient (Wildman–Crippen LogP) is 18.1. The summed E-state index contributed by atoms with van der Waals surface area (Å²) in [4.78, 5) is 5.99. The third-order valence-electron chi connectivity index (χ3n) is 13.6. The molecule has 64 heavy (non-hydrogen) atoms. The zero-order chi connectivity index (χ0) is 44.3. The molecule has 0 amide bonds. The zero-order valence-electron chi connectivity index (χ0n) is 38.2. The summed E-state index contributed by atoms with van der Waals surface area (Å²) in [6, 6.07) is 51.9.